The van der Waals surface area contributed by atoms with E-state index < -0.39 is 5.97 Å². The van der Waals surface area contributed by atoms with Crippen molar-refractivity contribution in [2.75, 3.05) is 6.61 Å². The Morgan fingerprint density at radius 3 is 2.59 bits per heavy atom. The van der Waals surface area contributed by atoms with E-state index in [9.17, 15) is 9.90 Å². The average Bonchev–Trinajstić information content (AvgIpc) is 3.15. The highest BCUT2D eigenvalue weighted by Crippen LogP contribution is 2.36. The van der Waals surface area contributed by atoms with Crippen molar-refractivity contribution in [2.45, 2.75) is 27.7 Å². The Bertz CT molecular complexity index is 969. The molecule has 0 saturated heterocycles. The molecule has 2 aromatic heterocycles. The molecule has 0 atom stereocenters. The molecule has 27 heavy (non-hydrogen) atoms. The number of aryl methyl sites for hydroxylation is 3. The number of hydrogen-bond donors (Lipinski definition) is 1. The number of nitrogens with zero attached hydrogens (tertiary/aromatic N) is 3. The highest BCUT2D eigenvalue weighted by atomic mass is 32.1. The SMILES string of the molecule is Cc1nc(-c2ccc(OCC(C)C)c(-c3cn(C)c(C)n3)c2)sc1C(=O)O. The van der Waals surface area contributed by atoms with E-state index in [2.05, 4.69) is 23.8 Å². The maximum Gasteiger partial charge on any atom is 0.347 e. The number of carboxylic acids is 1. The molecule has 142 valence electrons. The lowest BCUT2D eigenvalue weighted by Crippen LogP contribution is -2.05. The van der Waals surface area contributed by atoms with E-state index in [-0.39, 0.29) is 4.88 Å². The van der Waals surface area contributed by atoms with E-state index in [1.54, 1.807) is 6.92 Å². The van der Waals surface area contributed by atoms with Crippen molar-refractivity contribution in [2.24, 2.45) is 13.0 Å². The molecule has 3 aromatic rings. The van der Waals surface area contributed by atoms with Crippen LogP contribution in [0.5, 0.6) is 5.75 Å². The van der Waals surface area contributed by atoms with Gasteiger partial charge in [0.2, 0.25) is 0 Å². The molecular formula is C20H23N3O3S. The van der Waals surface area contributed by atoms with Crippen LogP contribution in [-0.4, -0.2) is 32.2 Å². The Labute approximate surface area is 162 Å². The second-order valence-electron chi connectivity index (χ2n) is 6.94. The first kappa shape index (κ1) is 19.1. The Balaban J connectivity index is 2.08. The molecule has 0 saturated carbocycles. The maximum atomic E-state index is 11.3. The van der Waals surface area contributed by atoms with Crippen LogP contribution in [0.4, 0.5) is 0 Å². The van der Waals surface area contributed by atoms with Crippen molar-refractivity contribution >= 4 is 17.3 Å². The summed E-state index contributed by atoms with van der Waals surface area (Å²) in [5.74, 6) is 1.12. The summed E-state index contributed by atoms with van der Waals surface area (Å²) in [6, 6.07) is 5.80. The Hall–Kier alpha value is -2.67. The summed E-state index contributed by atoms with van der Waals surface area (Å²) in [6.45, 7) is 8.48. The Kier molecular flexibility index (Phi) is 5.32. The molecule has 6 nitrogen and oxygen atoms in total. The first-order valence-corrected chi connectivity index (χ1v) is 9.56. The third-order valence-corrected chi connectivity index (χ3v) is 5.37. The van der Waals surface area contributed by atoms with Gasteiger partial charge in [-0.15, -0.1) is 11.3 Å². The zero-order valence-corrected chi connectivity index (χ0v) is 16.9. The van der Waals surface area contributed by atoms with Crippen LogP contribution < -0.4 is 4.74 Å². The fraction of sp³-hybridized carbons (Fsp3) is 0.350. The van der Waals surface area contributed by atoms with E-state index in [1.807, 2.05) is 42.9 Å². The minimum absolute atomic E-state index is 0.264. The zero-order valence-electron chi connectivity index (χ0n) is 16.1. The summed E-state index contributed by atoms with van der Waals surface area (Å²) < 4.78 is 7.96. The second kappa shape index (κ2) is 7.52. The average molecular weight is 385 g/mol. The predicted octanol–water partition coefficient (Wildman–Crippen LogP) is 4.56. The Morgan fingerprint density at radius 2 is 2.04 bits per heavy atom. The van der Waals surface area contributed by atoms with Gasteiger partial charge in [0.1, 0.15) is 21.5 Å². The molecule has 0 fully saturated rings. The van der Waals surface area contributed by atoms with E-state index in [0.29, 0.717) is 23.2 Å². The Morgan fingerprint density at radius 1 is 1.30 bits per heavy atom. The van der Waals surface area contributed by atoms with Crippen LogP contribution in [0, 0.1) is 19.8 Å². The molecule has 1 aromatic carbocycles. The highest BCUT2D eigenvalue weighted by Gasteiger charge is 2.18. The molecular weight excluding hydrogens is 362 g/mol. The van der Waals surface area contributed by atoms with Crippen molar-refractivity contribution in [3.8, 4) is 27.6 Å². The van der Waals surface area contributed by atoms with Crippen LogP contribution in [0.25, 0.3) is 21.8 Å². The topological polar surface area (TPSA) is 77.2 Å². The molecule has 3 rings (SSSR count). The molecule has 0 bridgehead atoms. The quantitative estimate of drug-likeness (QED) is 0.673. The van der Waals surface area contributed by atoms with Crippen LogP contribution in [-0.2, 0) is 7.05 Å². The monoisotopic (exact) mass is 385 g/mol. The molecule has 1 N–H and O–H groups in total. The number of thiazole rings is 1. The van der Waals surface area contributed by atoms with Crippen LogP contribution in [0.15, 0.2) is 24.4 Å². The summed E-state index contributed by atoms with van der Waals surface area (Å²) in [7, 11) is 1.95. The molecule has 0 unspecified atom stereocenters. The molecule has 0 amide bonds. The summed E-state index contributed by atoms with van der Waals surface area (Å²) in [4.78, 5) is 20.7. The number of aromatic nitrogens is 3. The summed E-state index contributed by atoms with van der Waals surface area (Å²) in [5.41, 5.74) is 3.08. The van der Waals surface area contributed by atoms with Gasteiger partial charge in [-0.1, -0.05) is 13.8 Å². The number of carbonyl (C=O) groups is 1. The minimum atomic E-state index is -0.950. The van der Waals surface area contributed by atoms with Gasteiger partial charge in [-0.2, -0.15) is 0 Å². The fourth-order valence-corrected chi connectivity index (χ4v) is 3.55. The third-order valence-electron chi connectivity index (χ3n) is 4.17. The fourth-order valence-electron chi connectivity index (χ4n) is 2.65. The summed E-state index contributed by atoms with van der Waals surface area (Å²) >= 11 is 1.18. The van der Waals surface area contributed by atoms with E-state index >= 15 is 0 Å². The largest absolute Gasteiger partial charge is 0.493 e. The summed E-state index contributed by atoms with van der Waals surface area (Å²) in [5, 5.41) is 9.97. The smallest absolute Gasteiger partial charge is 0.347 e. The van der Waals surface area contributed by atoms with Crippen molar-refractivity contribution in [1.29, 1.82) is 0 Å². The van der Waals surface area contributed by atoms with Gasteiger partial charge in [0.15, 0.2) is 0 Å². The van der Waals surface area contributed by atoms with Gasteiger partial charge >= 0.3 is 5.97 Å². The number of hydrogen-bond acceptors (Lipinski definition) is 5. The predicted molar refractivity (Wildman–Crippen MR) is 107 cm³/mol. The first-order chi connectivity index (χ1) is 12.8. The van der Waals surface area contributed by atoms with Crippen molar-refractivity contribution < 1.29 is 14.6 Å². The van der Waals surface area contributed by atoms with Gasteiger partial charge in [-0.25, -0.2) is 14.8 Å². The lowest BCUT2D eigenvalue weighted by atomic mass is 10.1. The summed E-state index contributed by atoms with van der Waals surface area (Å²) in [6.07, 6.45) is 1.96. The second-order valence-corrected chi connectivity index (χ2v) is 7.94. The normalized spacial score (nSPS) is 11.2. The van der Waals surface area contributed by atoms with Gasteiger partial charge in [-0.05, 0) is 38.0 Å². The van der Waals surface area contributed by atoms with Crippen molar-refractivity contribution in [3.63, 3.8) is 0 Å². The molecule has 0 aliphatic carbocycles. The number of aromatic carboxylic acids is 1. The van der Waals surface area contributed by atoms with E-state index in [0.717, 1.165) is 28.4 Å². The minimum Gasteiger partial charge on any atom is -0.493 e. The maximum absolute atomic E-state index is 11.3. The van der Waals surface area contributed by atoms with Gasteiger partial charge in [0.25, 0.3) is 0 Å². The van der Waals surface area contributed by atoms with Gasteiger partial charge in [0.05, 0.1) is 18.0 Å². The number of imidazole rings is 1. The van der Waals surface area contributed by atoms with Gasteiger partial charge in [-0.3, -0.25) is 0 Å². The number of rotatable bonds is 6. The lowest BCUT2D eigenvalue weighted by Gasteiger charge is -2.13. The van der Waals surface area contributed by atoms with E-state index in [4.69, 9.17) is 4.74 Å². The number of ether oxygens (including phenoxy) is 1. The molecule has 0 spiro atoms. The van der Waals surface area contributed by atoms with Gasteiger partial charge < -0.3 is 14.4 Å². The van der Waals surface area contributed by atoms with Crippen LogP contribution in [0.2, 0.25) is 0 Å². The van der Waals surface area contributed by atoms with E-state index in [1.165, 1.54) is 11.3 Å². The van der Waals surface area contributed by atoms with Crippen LogP contribution >= 0.6 is 11.3 Å². The lowest BCUT2D eigenvalue weighted by molar-refractivity contribution is 0.0701. The number of benzene rings is 1. The molecule has 0 radical (unpaired) electrons. The van der Waals surface area contributed by atoms with Crippen LogP contribution in [0.3, 0.4) is 0 Å². The third kappa shape index (κ3) is 4.03. The van der Waals surface area contributed by atoms with Gasteiger partial charge in [0, 0.05) is 24.4 Å². The molecule has 0 aliphatic rings. The molecule has 0 aliphatic heterocycles. The zero-order chi connectivity index (χ0) is 19.7. The van der Waals surface area contributed by atoms with Crippen molar-refractivity contribution in [1.82, 2.24) is 14.5 Å². The number of carboxylic acid groups (broad SMARTS) is 1. The highest BCUT2D eigenvalue weighted by molar-refractivity contribution is 7.17. The molecule has 7 heteroatoms. The van der Waals surface area contributed by atoms with Crippen LogP contribution in [0.1, 0.15) is 35.0 Å². The van der Waals surface area contributed by atoms with Crippen molar-refractivity contribution in [3.05, 3.63) is 40.8 Å². The first-order valence-electron chi connectivity index (χ1n) is 8.74. The standard InChI is InChI=1S/C20H23N3O3S/c1-11(2)10-26-17-7-6-14(19-21-12(3)18(27-19)20(24)25)8-15(17)16-9-23(5)13(4)22-16/h6-9,11H,10H2,1-5H3,(H,24,25). The molecule has 2 heterocycles.